The summed E-state index contributed by atoms with van der Waals surface area (Å²) in [6.45, 7) is 5.03. The Kier molecular flexibility index (Phi) is 2.97. The molecule has 2 rings (SSSR count). The number of nitrogens with two attached hydrogens (primary N) is 1. The Labute approximate surface area is 96.3 Å². The number of nitrogens with zero attached hydrogens (tertiary/aromatic N) is 2. The van der Waals surface area contributed by atoms with E-state index in [0.717, 1.165) is 17.8 Å². The zero-order chi connectivity index (χ0) is 11.7. The van der Waals surface area contributed by atoms with Gasteiger partial charge >= 0.3 is 0 Å². The van der Waals surface area contributed by atoms with Crippen molar-refractivity contribution in [1.29, 1.82) is 0 Å². The standard InChI is InChI=1S/C13H19N3/c1-9(2)13-15-11-8-10(6-7-14)4-5-12(11)16(13)3/h4-5,8-9H,6-7,14H2,1-3H3. The smallest absolute Gasteiger partial charge is 0.112 e. The maximum Gasteiger partial charge on any atom is 0.112 e. The van der Waals surface area contributed by atoms with Crippen LogP contribution in [0.15, 0.2) is 18.2 Å². The van der Waals surface area contributed by atoms with E-state index in [1.165, 1.54) is 11.1 Å². The van der Waals surface area contributed by atoms with Gasteiger partial charge in [0.15, 0.2) is 0 Å². The molecule has 0 aliphatic heterocycles. The van der Waals surface area contributed by atoms with Crippen molar-refractivity contribution in [3.8, 4) is 0 Å². The summed E-state index contributed by atoms with van der Waals surface area (Å²) >= 11 is 0. The fourth-order valence-corrected chi connectivity index (χ4v) is 2.10. The molecule has 1 aromatic carbocycles. The topological polar surface area (TPSA) is 43.8 Å². The molecule has 2 aromatic rings. The van der Waals surface area contributed by atoms with Gasteiger partial charge in [0.05, 0.1) is 11.0 Å². The zero-order valence-electron chi connectivity index (χ0n) is 10.2. The lowest BCUT2D eigenvalue weighted by Gasteiger charge is -2.04. The SMILES string of the molecule is CC(C)c1nc2cc(CCN)ccc2n1C. The third-order valence-electron chi connectivity index (χ3n) is 2.93. The highest BCUT2D eigenvalue weighted by molar-refractivity contribution is 5.77. The van der Waals surface area contributed by atoms with E-state index in [1.807, 2.05) is 0 Å². The molecule has 0 bridgehead atoms. The number of imidazole rings is 1. The molecule has 0 aliphatic rings. The maximum absolute atomic E-state index is 5.56. The van der Waals surface area contributed by atoms with Crippen molar-refractivity contribution < 1.29 is 0 Å². The molecule has 0 fully saturated rings. The lowest BCUT2D eigenvalue weighted by Crippen LogP contribution is -2.02. The molecule has 0 saturated heterocycles. The Hall–Kier alpha value is -1.35. The minimum absolute atomic E-state index is 0.454. The molecule has 0 atom stereocenters. The first kappa shape index (κ1) is 11.1. The van der Waals surface area contributed by atoms with Gasteiger partial charge in [0, 0.05) is 13.0 Å². The summed E-state index contributed by atoms with van der Waals surface area (Å²) < 4.78 is 2.17. The first-order valence-corrected chi connectivity index (χ1v) is 5.78. The van der Waals surface area contributed by atoms with Crippen molar-refractivity contribution in [2.24, 2.45) is 12.8 Å². The zero-order valence-corrected chi connectivity index (χ0v) is 10.2. The minimum atomic E-state index is 0.454. The number of benzene rings is 1. The summed E-state index contributed by atoms with van der Waals surface area (Å²) in [5.74, 6) is 1.59. The second-order valence-corrected chi connectivity index (χ2v) is 4.55. The van der Waals surface area contributed by atoms with Gasteiger partial charge in [-0.1, -0.05) is 19.9 Å². The van der Waals surface area contributed by atoms with Gasteiger partial charge in [-0.15, -0.1) is 0 Å². The van der Waals surface area contributed by atoms with E-state index in [9.17, 15) is 0 Å². The largest absolute Gasteiger partial charge is 0.331 e. The number of hydrogen-bond donors (Lipinski definition) is 1. The van der Waals surface area contributed by atoms with Crippen LogP contribution < -0.4 is 5.73 Å². The summed E-state index contributed by atoms with van der Waals surface area (Å²) in [5.41, 5.74) is 9.11. The molecule has 0 aliphatic carbocycles. The van der Waals surface area contributed by atoms with E-state index in [4.69, 9.17) is 5.73 Å². The molecular formula is C13H19N3. The van der Waals surface area contributed by atoms with Gasteiger partial charge in [-0.25, -0.2) is 4.98 Å². The molecule has 2 N–H and O–H groups in total. The predicted octanol–water partition coefficient (Wildman–Crippen LogP) is 2.20. The first-order valence-electron chi connectivity index (χ1n) is 5.78. The quantitative estimate of drug-likeness (QED) is 0.856. The Morgan fingerprint density at radius 3 is 2.75 bits per heavy atom. The van der Waals surface area contributed by atoms with Crippen LogP contribution in [0.1, 0.15) is 31.2 Å². The van der Waals surface area contributed by atoms with Crippen LogP contribution in [0.3, 0.4) is 0 Å². The Bertz CT molecular complexity index is 497. The van der Waals surface area contributed by atoms with Crippen molar-refractivity contribution in [3.05, 3.63) is 29.6 Å². The summed E-state index contributed by atoms with van der Waals surface area (Å²) in [7, 11) is 2.08. The molecule has 0 spiro atoms. The fourth-order valence-electron chi connectivity index (χ4n) is 2.10. The lowest BCUT2D eigenvalue weighted by atomic mass is 10.1. The van der Waals surface area contributed by atoms with Crippen LogP contribution in [0.5, 0.6) is 0 Å². The van der Waals surface area contributed by atoms with Crippen LogP contribution in [0.25, 0.3) is 11.0 Å². The monoisotopic (exact) mass is 217 g/mol. The van der Waals surface area contributed by atoms with Crippen LogP contribution in [-0.2, 0) is 13.5 Å². The molecule has 0 unspecified atom stereocenters. The van der Waals surface area contributed by atoms with Crippen LogP contribution in [0, 0.1) is 0 Å². The molecule has 86 valence electrons. The molecule has 3 nitrogen and oxygen atoms in total. The third-order valence-corrected chi connectivity index (χ3v) is 2.93. The molecule has 0 radical (unpaired) electrons. The van der Waals surface area contributed by atoms with Gasteiger partial charge in [-0.2, -0.15) is 0 Å². The van der Waals surface area contributed by atoms with Gasteiger partial charge in [-0.05, 0) is 30.7 Å². The molecule has 0 saturated carbocycles. The number of aryl methyl sites for hydroxylation is 1. The predicted molar refractivity (Wildman–Crippen MR) is 67.6 cm³/mol. The van der Waals surface area contributed by atoms with Gasteiger partial charge in [0.1, 0.15) is 5.82 Å². The van der Waals surface area contributed by atoms with E-state index in [0.29, 0.717) is 12.5 Å². The van der Waals surface area contributed by atoms with Crippen molar-refractivity contribution >= 4 is 11.0 Å². The van der Waals surface area contributed by atoms with Crippen molar-refractivity contribution in [3.63, 3.8) is 0 Å². The first-order chi connectivity index (χ1) is 7.63. The van der Waals surface area contributed by atoms with Crippen LogP contribution >= 0.6 is 0 Å². The lowest BCUT2D eigenvalue weighted by molar-refractivity contribution is 0.722. The number of rotatable bonds is 3. The minimum Gasteiger partial charge on any atom is -0.331 e. The van der Waals surface area contributed by atoms with Gasteiger partial charge in [0.2, 0.25) is 0 Å². The van der Waals surface area contributed by atoms with E-state index >= 15 is 0 Å². The Morgan fingerprint density at radius 1 is 1.38 bits per heavy atom. The third kappa shape index (κ3) is 1.83. The molecule has 1 aromatic heterocycles. The summed E-state index contributed by atoms with van der Waals surface area (Å²) in [6.07, 6.45) is 0.920. The maximum atomic E-state index is 5.56. The van der Waals surface area contributed by atoms with E-state index in [-0.39, 0.29) is 0 Å². The van der Waals surface area contributed by atoms with E-state index in [1.54, 1.807) is 0 Å². The van der Waals surface area contributed by atoms with Gasteiger partial charge in [0.25, 0.3) is 0 Å². The summed E-state index contributed by atoms with van der Waals surface area (Å²) in [4.78, 5) is 4.68. The van der Waals surface area contributed by atoms with Gasteiger partial charge in [-0.3, -0.25) is 0 Å². The molecule has 0 amide bonds. The fraction of sp³-hybridized carbons (Fsp3) is 0.462. The molecule has 16 heavy (non-hydrogen) atoms. The highest BCUT2D eigenvalue weighted by atomic mass is 15.1. The molecule has 1 heterocycles. The summed E-state index contributed by atoms with van der Waals surface area (Å²) in [5, 5.41) is 0. The summed E-state index contributed by atoms with van der Waals surface area (Å²) in [6, 6.07) is 6.42. The number of fused-ring (bicyclic) bond motifs is 1. The van der Waals surface area contributed by atoms with Crippen LogP contribution in [0.2, 0.25) is 0 Å². The second kappa shape index (κ2) is 4.26. The number of aromatic nitrogens is 2. The molecular weight excluding hydrogens is 198 g/mol. The second-order valence-electron chi connectivity index (χ2n) is 4.55. The van der Waals surface area contributed by atoms with Crippen molar-refractivity contribution in [1.82, 2.24) is 9.55 Å². The Balaban J connectivity index is 2.54. The van der Waals surface area contributed by atoms with Crippen LogP contribution in [0.4, 0.5) is 0 Å². The number of hydrogen-bond acceptors (Lipinski definition) is 2. The Morgan fingerprint density at radius 2 is 2.12 bits per heavy atom. The van der Waals surface area contributed by atoms with Crippen LogP contribution in [-0.4, -0.2) is 16.1 Å². The highest BCUT2D eigenvalue weighted by Gasteiger charge is 2.10. The average molecular weight is 217 g/mol. The van der Waals surface area contributed by atoms with Crippen molar-refractivity contribution in [2.45, 2.75) is 26.2 Å². The van der Waals surface area contributed by atoms with Gasteiger partial charge < -0.3 is 10.3 Å². The average Bonchev–Trinajstić information content (AvgIpc) is 2.56. The molecule has 3 heteroatoms. The van der Waals surface area contributed by atoms with Crippen molar-refractivity contribution in [2.75, 3.05) is 6.54 Å². The highest BCUT2D eigenvalue weighted by Crippen LogP contribution is 2.21. The van der Waals surface area contributed by atoms with E-state index < -0.39 is 0 Å². The van der Waals surface area contributed by atoms with E-state index in [2.05, 4.69) is 48.6 Å². The normalized spacial score (nSPS) is 11.6.